The minimum atomic E-state index is -1.01. The summed E-state index contributed by atoms with van der Waals surface area (Å²) in [6.45, 7) is 6.71. The molecule has 0 heterocycles. The molecule has 0 aromatic heterocycles. The lowest BCUT2D eigenvalue weighted by Gasteiger charge is -2.09. The molecule has 0 aromatic rings. The van der Waals surface area contributed by atoms with Crippen molar-refractivity contribution >= 4 is 170 Å². The van der Waals surface area contributed by atoms with Gasteiger partial charge in [-0.3, -0.25) is 0 Å². The molecule has 0 amide bonds. The molecule has 0 aliphatic heterocycles. The summed E-state index contributed by atoms with van der Waals surface area (Å²) in [5, 5.41) is 0. The Morgan fingerprint density at radius 2 is 0.329 bits per heavy atom. The first-order valence-corrected chi connectivity index (χ1v) is 48.1. The van der Waals surface area contributed by atoms with Gasteiger partial charge in [0.05, 0.1) is 0 Å². The summed E-state index contributed by atoms with van der Waals surface area (Å²) >= 11 is 0. The Kier molecular flexibility index (Phi) is 81.9. The van der Waals surface area contributed by atoms with E-state index in [0.29, 0.717) is 0 Å². The molecule has 424 valence electrons. The van der Waals surface area contributed by atoms with Crippen molar-refractivity contribution in [2.24, 2.45) is 0 Å². The van der Waals surface area contributed by atoms with Gasteiger partial charge in [-0.05, 0) is 0 Å². The molecule has 0 spiro atoms. The minimum Gasteiger partial charge on any atom is -0.449 e. The van der Waals surface area contributed by atoms with Gasteiger partial charge in [0.15, 0.2) is 0 Å². The van der Waals surface area contributed by atoms with Gasteiger partial charge in [0, 0.05) is 0 Å². The van der Waals surface area contributed by atoms with E-state index in [9.17, 15) is 0 Å². The number of hydrogen-bond acceptors (Lipinski definition) is 16. The van der Waals surface area contributed by atoms with Crippen LogP contribution in [0, 0.1) is 0 Å². The van der Waals surface area contributed by atoms with Gasteiger partial charge in [-0.15, -0.1) is 0 Å². The molecule has 0 N–H and O–H groups in total. The van der Waals surface area contributed by atoms with E-state index in [1.54, 1.807) is 0 Å². The van der Waals surface area contributed by atoms with Crippen LogP contribution in [0.15, 0.2) is 0 Å². The van der Waals surface area contributed by atoms with Crippen LogP contribution >= 0.6 is 0 Å². The molecule has 0 atom stereocenters. The van der Waals surface area contributed by atoms with E-state index in [0.717, 1.165) is 10.5 Å². The molecular weight excluding hydrogens is 1180 g/mol. The summed E-state index contributed by atoms with van der Waals surface area (Å²) < 4.78 is 86.2. The fourth-order valence-electron chi connectivity index (χ4n) is 7.27. The van der Waals surface area contributed by atoms with Crippen molar-refractivity contribution in [2.45, 2.75) is 239 Å². The SMILES string of the molecule is CCCCCCCCCCCCCCCCCCCCCCCCCCCCCCCCCCCC.C[SiH2]O[SiH2]O[SiH2]O[SiH2]O[SiH2]O[SiH2]O[SiH2]O[SiH2]O[SiH2]O[SiH2]O[SiH2]O[SiH2]O[SiH2]O[SiH2]O[SiH2]O[SiH2]O[SiH3]. The molecule has 0 bridgehead atoms. The van der Waals surface area contributed by atoms with Crippen LogP contribution in [0.25, 0.3) is 0 Å². The number of unbranched alkanes of at least 4 members (excludes halogenated alkanes) is 33. The molecule has 0 radical (unpaired) electrons. The fraction of sp³-hybridized carbons (Fsp3) is 1.00. The second kappa shape index (κ2) is 76.3. The molecule has 0 fully saturated rings. The van der Waals surface area contributed by atoms with Crippen molar-refractivity contribution in [3.05, 3.63) is 0 Å². The van der Waals surface area contributed by atoms with Crippen LogP contribution in [0.5, 0.6) is 0 Å². The third kappa shape index (κ3) is 77.5. The molecule has 0 aromatic carbocycles. The standard InChI is InChI=1S/C36H74.CH38O16Si17/c1-3-5-7-9-11-13-15-17-19-21-23-25-27-29-31-33-35-36-34-32-30-28-26-24-22-20-18-16-14-12-10-8-6-4-2;1-19-3-21-5-23-7-25-9-27-11-29-13-31-15-33-17-34-16-32-14-30-12-28-10-26-8-24-6-22-4-20-2-18/h3-36H2,1-2H3;19-34H2,1,18H3. The van der Waals surface area contributed by atoms with E-state index in [1.165, 1.54) is 218 Å². The van der Waals surface area contributed by atoms with Gasteiger partial charge < -0.3 is 65.8 Å². The zero-order chi connectivity index (χ0) is 50.7. The van der Waals surface area contributed by atoms with Crippen molar-refractivity contribution in [3.8, 4) is 0 Å². The Morgan fingerprint density at radius 1 is 0.200 bits per heavy atom. The molecule has 0 saturated heterocycles. The second-order valence-corrected chi connectivity index (χ2v) is 48.6. The van der Waals surface area contributed by atoms with Gasteiger partial charge in [0.1, 0.15) is 20.2 Å². The van der Waals surface area contributed by atoms with Gasteiger partial charge in [0.25, 0.3) is 150 Å². The topological polar surface area (TPSA) is 148 Å². The molecule has 0 unspecified atom stereocenters. The maximum Gasteiger partial charge on any atom is 0.286 e. The molecular formula is C37H112O16Si17. The maximum absolute atomic E-state index is 5.46. The predicted octanol–water partition coefficient (Wildman–Crippen LogP) is -2.06. The molecule has 0 saturated carbocycles. The van der Waals surface area contributed by atoms with Crippen LogP contribution in [0.1, 0.15) is 232 Å². The lowest BCUT2D eigenvalue weighted by atomic mass is 10.0. The lowest BCUT2D eigenvalue weighted by Crippen LogP contribution is -2.22. The van der Waals surface area contributed by atoms with E-state index in [2.05, 4.69) is 20.4 Å². The first-order chi connectivity index (χ1) is 34.8. The quantitative estimate of drug-likeness (QED) is 0.0486. The largest absolute Gasteiger partial charge is 0.449 e. The molecule has 16 nitrogen and oxygen atoms in total. The van der Waals surface area contributed by atoms with Gasteiger partial charge in [-0.2, -0.15) is 0 Å². The van der Waals surface area contributed by atoms with E-state index >= 15 is 0 Å². The van der Waals surface area contributed by atoms with Crippen molar-refractivity contribution in [3.63, 3.8) is 0 Å². The number of rotatable bonds is 64. The summed E-state index contributed by atoms with van der Waals surface area (Å²) in [6.07, 6.45) is 50.4. The molecule has 0 aliphatic rings. The third-order valence-corrected chi connectivity index (χ3v) is 33.1. The van der Waals surface area contributed by atoms with E-state index in [4.69, 9.17) is 65.8 Å². The van der Waals surface area contributed by atoms with Crippen LogP contribution in [0.3, 0.4) is 0 Å². The summed E-state index contributed by atoms with van der Waals surface area (Å²) in [6, 6.07) is 0. The highest BCUT2D eigenvalue weighted by molar-refractivity contribution is 6.51. The lowest BCUT2D eigenvalue weighted by molar-refractivity contribution is 0.356. The van der Waals surface area contributed by atoms with Crippen molar-refractivity contribution < 1.29 is 65.8 Å². The van der Waals surface area contributed by atoms with Crippen LogP contribution < -0.4 is 0 Å². The Bertz CT molecular complexity index is 835. The van der Waals surface area contributed by atoms with Crippen LogP contribution in [0.4, 0.5) is 0 Å². The summed E-state index contributed by atoms with van der Waals surface area (Å²) in [5.74, 6) is 0. The van der Waals surface area contributed by atoms with Crippen molar-refractivity contribution in [2.75, 3.05) is 0 Å². The van der Waals surface area contributed by atoms with Gasteiger partial charge >= 0.3 is 0 Å². The Balaban J connectivity index is 0. The highest BCUT2D eigenvalue weighted by atomic mass is 28.4. The first kappa shape index (κ1) is 75.1. The Morgan fingerprint density at radius 3 is 0.457 bits per heavy atom. The van der Waals surface area contributed by atoms with Crippen LogP contribution in [-0.2, 0) is 65.8 Å². The molecule has 0 aliphatic carbocycles. The first-order valence-electron chi connectivity index (χ1n) is 28.0. The van der Waals surface area contributed by atoms with E-state index in [-0.39, 0.29) is 9.76 Å². The molecule has 70 heavy (non-hydrogen) atoms. The monoisotopic (exact) mass is 1290 g/mol. The third-order valence-electron chi connectivity index (χ3n) is 11.2. The predicted molar refractivity (Wildman–Crippen MR) is 338 cm³/mol. The zero-order valence-electron chi connectivity index (χ0n) is 45.9. The van der Waals surface area contributed by atoms with Crippen LogP contribution in [0.2, 0.25) is 6.55 Å². The molecule has 0 rings (SSSR count). The fourth-order valence-corrected chi connectivity index (χ4v) is 35.4. The van der Waals surface area contributed by atoms with E-state index in [1.807, 2.05) is 0 Å². The van der Waals surface area contributed by atoms with Crippen molar-refractivity contribution in [1.82, 2.24) is 0 Å². The highest BCUT2D eigenvalue weighted by Gasteiger charge is 2.01. The Hall–Kier alpha value is 3.05. The maximum atomic E-state index is 5.46. The highest BCUT2D eigenvalue weighted by Crippen LogP contribution is 2.17. The van der Waals surface area contributed by atoms with Gasteiger partial charge in [0.2, 0.25) is 0 Å². The van der Waals surface area contributed by atoms with Gasteiger partial charge in [-0.1, -0.05) is 239 Å². The average Bonchev–Trinajstić information content (AvgIpc) is 3.37. The van der Waals surface area contributed by atoms with Crippen LogP contribution in [-0.4, -0.2) is 170 Å². The van der Waals surface area contributed by atoms with Crippen molar-refractivity contribution in [1.29, 1.82) is 0 Å². The second-order valence-electron chi connectivity index (χ2n) is 17.7. The normalized spacial score (nSPS) is 14.3. The average molecular weight is 1290 g/mol. The Labute approximate surface area is 471 Å². The number of hydrogen-bond donors (Lipinski definition) is 0. The molecule has 33 heteroatoms. The summed E-state index contributed by atoms with van der Waals surface area (Å²) in [5.41, 5.74) is 0. The van der Waals surface area contributed by atoms with Gasteiger partial charge in [-0.25, -0.2) is 0 Å². The van der Waals surface area contributed by atoms with E-state index < -0.39 is 150 Å². The summed E-state index contributed by atoms with van der Waals surface area (Å²) in [4.78, 5) is 0. The smallest absolute Gasteiger partial charge is 0.286 e. The summed E-state index contributed by atoms with van der Waals surface area (Å²) in [7, 11) is -13.8. The minimum absolute atomic E-state index is 0.332. The zero-order valence-corrected chi connectivity index (χ0v) is 70.5.